The number of hydrogen-bond donors (Lipinski definition) is 1. The lowest BCUT2D eigenvalue weighted by atomic mass is 9.94. The fourth-order valence-electron chi connectivity index (χ4n) is 2.16. The molecular formula is C13H20N2OS. The van der Waals surface area contributed by atoms with Gasteiger partial charge in [0.15, 0.2) is 0 Å². The van der Waals surface area contributed by atoms with Crippen LogP contribution < -0.4 is 0 Å². The monoisotopic (exact) mass is 252 g/mol. The van der Waals surface area contributed by atoms with E-state index in [0.717, 1.165) is 31.0 Å². The Kier molecular flexibility index (Phi) is 3.64. The number of aromatic amines is 1. The maximum absolute atomic E-state index is 5.90. The molecule has 17 heavy (non-hydrogen) atoms. The lowest BCUT2D eigenvalue weighted by Gasteiger charge is -2.33. The van der Waals surface area contributed by atoms with E-state index in [9.17, 15) is 0 Å². The molecule has 0 amide bonds. The Bertz CT molecular complexity index is 447. The first kappa shape index (κ1) is 12.7. The van der Waals surface area contributed by atoms with E-state index in [0.29, 0.717) is 10.6 Å². The summed E-state index contributed by atoms with van der Waals surface area (Å²) in [5, 5.41) is 0. The van der Waals surface area contributed by atoms with Gasteiger partial charge < -0.3 is 9.72 Å². The van der Waals surface area contributed by atoms with Crippen molar-refractivity contribution in [2.45, 2.75) is 51.6 Å². The van der Waals surface area contributed by atoms with Crippen LogP contribution in [0, 0.1) is 4.64 Å². The summed E-state index contributed by atoms with van der Waals surface area (Å²) in [7, 11) is 0. The van der Waals surface area contributed by atoms with Crippen LogP contribution in [0.25, 0.3) is 0 Å². The predicted molar refractivity (Wildman–Crippen MR) is 70.7 cm³/mol. The molecule has 1 saturated heterocycles. The summed E-state index contributed by atoms with van der Waals surface area (Å²) in [5.74, 6) is 1.30. The second-order valence-corrected chi connectivity index (χ2v) is 5.63. The molecule has 2 heterocycles. The zero-order valence-electron chi connectivity index (χ0n) is 10.7. The van der Waals surface area contributed by atoms with Gasteiger partial charge in [0.05, 0.1) is 0 Å². The first-order chi connectivity index (χ1) is 8.01. The first-order valence-electron chi connectivity index (χ1n) is 6.27. The van der Waals surface area contributed by atoms with Crippen LogP contribution in [0.3, 0.4) is 0 Å². The third kappa shape index (κ3) is 2.75. The molecule has 1 N–H and O–H groups in total. The number of H-pyrrole nitrogens is 1. The number of ether oxygens (including phenoxy) is 1. The van der Waals surface area contributed by atoms with E-state index >= 15 is 0 Å². The van der Waals surface area contributed by atoms with Crippen LogP contribution in [0.15, 0.2) is 6.07 Å². The van der Waals surface area contributed by atoms with Crippen molar-refractivity contribution in [3.05, 3.63) is 22.2 Å². The summed E-state index contributed by atoms with van der Waals surface area (Å²) in [6.07, 6.45) is 3.33. The van der Waals surface area contributed by atoms with Gasteiger partial charge in [0.25, 0.3) is 0 Å². The standard InChI is InChI=1S/C13H20N2OS/c1-9(2)10-8-11(17)15-12(14-10)13(3)6-4-5-7-16-13/h8-9H,4-7H2,1-3H3,(H,14,15,17). The number of aromatic nitrogens is 2. The van der Waals surface area contributed by atoms with E-state index in [1.807, 2.05) is 6.07 Å². The van der Waals surface area contributed by atoms with E-state index in [1.165, 1.54) is 6.42 Å². The summed E-state index contributed by atoms with van der Waals surface area (Å²) in [5.41, 5.74) is 0.840. The van der Waals surface area contributed by atoms with Crippen molar-refractivity contribution in [3.8, 4) is 0 Å². The Morgan fingerprint density at radius 2 is 2.24 bits per heavy atom. The van der Waals surface area contributed by atoms with Gasteiger partial charge in [0.1, 0.15) is 16.1 Å². The minimum Gasteiger partial charge on any atom is -0.367 e. The summed E-state index contributed by atoms with van der Waals surface area (Å²) in [6, 6.07) is 1.94. The highest BCUT2D eigenvalue weighted by Crippen LogP contribution is 2.32. The molecule has 1 aliphatic heterocycles. The van der Waals surface area contributed by atoms with Crippen LogP contribution in [-0.4, -0.2) is 16.6 Å². The minimum atomic E-state index is -0.295. The van der Waals surface area contributed by atoms with Crippen molar-refractivity contribution in [2.75, 3.05) is 6.61 Å². The van der Waals surface area contributed by atoms with E-state index in [-0.39, 0.29) is 5.60 Å². The summed E-state index contributed by atoms with van der Waals surface area (Å²) in [4.78, 5) is 7.84. The molecule has 1 aliphatic rings. The Balaban J connectivity index is 2.40. The summed E-state index contributed by atoms with van der Waals surface area (Å²) >= 11 is 5.24. The van der Waals surface area contributed by atoms with Gasteiger partial charge in [-0.15, -0.1) is 0 Å². The van der Waals surface area contributed by atoms with E-state index in [2.05, 4.69) is 30.7 Å². The second-order valence-electron chi connectivity index (χ2n) is 5.21. The maximum Gasteiger partial charge on any atom is 0.140 e. The molecule has 0 bridgehead atoms. The van der Waals surface area contributed by atoms with E-state index in [1.54, 1.807) is 0 Å². The molecule has 0 aliphatic carbocycles. The van der Waals surface area contributed by atoms with Gasteiger partial charge in [-0.1, -0.05) is 26.1 Å². The topological polar surface area (TPSA) is 37.9 Å². The molecule has 1 fully saturated rings. The van der Waals surface area contributed by atoms with Crippen LogP contribution in [0.4, 0.5) is 0 Å². The lowest BCUT2D eigenvalue weighted by molar-refractivity contribution is -0.0762. The third-order valence-corrected chi connectivity index (χ3v) is 3.56. The Morgan fingerprint density at radius 3 is 2.82 bits per heavy atom. The number of hydrogen-bond acceptors (Lipinski definition) is 3. The van der Waals surface area contributed by atoms with Gasteiger partial charge in [-0.3, -0.25) is 0 Å². The average molecular weight is 252 g/mol. The molecule has 3 nitrogen and oxygen atoms in total. The SMILES string of the molecule is CC(C)c1cc(=S)nc(C2(C)CCCCO2)[nH]1. The molecule has 1 aromatic rings. The first-order valence-corrected chi connectivity index (χ1v) is 6.68. The lowest BCUT2D eigenvalue weighted by Crippen LogP contribution is -2.32. The van der Waals surface area contributed by atoms with Crippen LogP contribution in [0.2, 0.25) is 0 Å². The number of rotatable bonds is 2. The van der Waals surface area contributed by atoms with Gasteiger partial charge >= 0.3 is 0 Å². The van der Waals surface area contributed by atoms with Crippen molar-refractivity contribution in [1.29, 1.82) is 0 Å². The molecule has 1 unspecified atom stereocenters. The van der Waals surface area contributed by atoms with Gasteiger partial charge in [-0.25, -0.2) is 4.98 Å². The molecule has 4 heteroatoms. The maximum atomic E-state index is 5.90. The Hall–Kier alpha value is -0.740. The molecule has 0 aromatic carbocycles. The van der Waals surface area contributed by atoms with Crippen molar-refractivity contribution in [2.24, 2.45) is 0 Å². The highest BCUT2D eigenvalue weighted by Gasteiger charge is 2.32. The highest BCUT2D eigenvalue weighted by molar-refractivity contribution is 7.71. The smallest absolute Gasteiger partial charge is 0.140 e. The molecule has 94 valence electrons. The molecule has 2 rings (SSSR count). The van der Waals surface area contributed by atoms with Crippen LogP contribution >= 0.6 is 12.2 Å². The molecular weight excluding hydrogens is 232 g/mol. The van der Waals surface area contributed by atoms with Crippen molar-refractivity contribution >= 4 is 12.2 Å². The van der Waals surface area contributed by atoms with Crippen molar-refractivity contribution in [1.82, 2.24) is 9.97 Å². The minimum absolute atomic E-state index is 0.295. The predicted octanol–water partition coefficient (Wildman–Crippen LogP) is 3.68. The fourth-order valence-corrected chi connectivity index (χ4v) is 2.38. The number of nitrogens with zero attached hydrogens (tertiary/aromatic N) is 1. The molecule has 0 radical (unpaired) electrons. The zero-order valence-corrected chi connectivity index (χ0v) is 11.6. The second kappa shape index (κ2) is 4.86. The zero-order chi connectivity index (χ0) is 12.5. The molecule has 0 spiro atoms. The normalized spacial score (nSPS) is 25.2. The average Bonchev–Trinajstić information content (AvgIpc) is 2.29. The highest BCUT2D eigenvalue weighted by atomic mass is 32.1. The Labute approximate surface area is 108 Å². The molecule has 1 aromatic heterocycles. The van der Waals surface area contributed by atoms with Crippen molar-refractivity contribution in [3.63, 3.8) is 0 Å². The van der Waals surface area contributed by atoms with Gasteiger partial charge in [-0.05, 0) is 38.2 Å². The van der Waals surface area contributed by atoms with Crippen LogP contribution in [-0.2, 0) is 10.3 Å². The summed E-state index contributed by atoms with van der Waals surface area (Å²) in [6.45, 7) is 7.21. The van der Waals surface area contributed by atoms with Gasteiger partial charge in [0, 0.05) is 12.3 Å². The van der Waals surface area contributed by atoms with Crippen LogP contribution in [0.1, 0.15) is 57.5 Å². The van der Waals surface area contributed by atoms with Crippen molar-refractivity contribution < 1.29 is 4.74 Å². The van der Waals surface area contributed by atoms with E-state index < -0.39 is 0 Å². The largest absolute Gasteiger partial charge is 0.367 e. The van der Waals surface area contributed by atoms with Crippen LogP contribution in [0.5, 0.6) is 0 Å². The fraction of sp³-hybridized carbons (Fsp3) is 0.692. The number of nitrogens with one attached hydrogen (secondary N) is 1. The summed E-state index contributed by atoms with van der Waals surface area (Å²) < 4.78 is 6.55. The quantitative estimate of drug-likeness (QED) is 0.816. The Morgan fingerprint density at radius 1 is 1.47 bits per heavy atom. The van der Waals surface area contributed by atoms with E-state index in [4.69, 9.17) is 17.0 Å². The molecule has 1 atom stereocenters. The molecule has 0 saturated carbocycles. The van der Waals surface area contributed by atoms with Gasteiger partial charge in [0.2, 0.25) is 0 Å². The van der Waals surface area contributed by atoms with Gasteiger partial charge in [-0.2, -0.15) is 0 Å². The third-order valence-electron chi connectivity index (χ3n) is 3.36.